The van der Waals surface area contributed by atoms with Crippen LogP contribution in [0.1, 0.15) is 37.6 Å². The van der Waals surface area contributed by atoms with Gasteiger partial charge in [0.1, 0.15) is 5.75 Å². The van der Waals surface area contributed by atoms with Crippen molar-refractivity contribution in [3.05, 3.63) is 40.6 Å². The van der Waals surface area contributed by atoms with Crippen molar-refractivity contribution in [2.45, 2.75) is 45.8 Å². The fraction of sp³-hybridized carbons (Fsp3) is 0.467. The van der Waals surface area contributed by atoms with E-state index in [0.717, 1.165) is 24.2 Å². The highest BCUT2D eigenvalue weighted by molar-refractivity contribution is 6.30. The lowest BCUT2D eigenvalue weighted by Crippen LogP contribution is -2.21. The van der Waals surface area contributed by atoms with Crippen LogP contribution >= 0.6 is 11.6 Å². The van der Waals surface area contributed by atoms with Gasteiger partial charge in [-0.2, -0.15) is 0 Å². The molecule has 0 saturated heterocycles. The summed E-state index contributed by atoms with van der Waals surface area (Å²) in [5, 5.41) is 8.51. The Balaban J connectivity index is 2.07. The molecule has 0 fully saturated rings. The molecule has 1 heterocycles. The van der Waals surface area contributed by atoms with Gasteiger partial charge >= 0.3 is 0 Å². The molecule has 0 amide bonds. The Labute approximate surface area is 129 Å². The van der Waals surface area contributed by atoms with Crippen molar-refractivity contribution >= 4 is 11.6 Å². The van der Waals surface area contributed by atoms with E-state index in [1.165, 1.54) is 0 Å². The van der Waals surface area contributed by atoms with E-state index in [2.05, 4.69) is 17.1 Å². The average molecular weight is 310 g/mol. The molecule has 1 atom stereocenters. The molecule has 0 spiro atoms. The number of halogens is 1. The molecule has 5 nitrogen and oxygen atoms in total. The van der Waals surface area contributed by atoms with Crippen molar-refractivity contribution in [3.8, 4) is 5.75 Å². The topological polar surface area (TPSA) is 74.2 Å². The smallest absolute Gasteiger partial charge is 0.253 e. The molecule has 1 unspecified atom stereocenters. The Hall–Kier alpha value is -1.59. The van der Waals surface area contributed by atoms with Crippen molar-refractivity contribution < 1.29 is 9.15 Å². The monoisotopic (exact) mass is 309 g/mol. The van der Waals surface area contributed by atoms with E-state index in [9.17, 15) is 0 Å². The zero-order valence-corrected chi connectivity index (χ0v) is 13.1. The van der Waals surface area contributed by atoms with Gasteiger partial charge in [0.15, 0.2) is 6.61 Å². The van der Waals surface area contributed by atoms with Gasteiger partial charge in [0.2, 0.25) is 5.89 Å². The minimum atomic E-state index is 0.0842. The van der Waals surface area contributed by atoms with E-state index in [-0.39, 0.29) is 12.6 Å². The second-order valence-electron chi connectivity index (χ2n) is 4.86. The van der Waals surface area contributed by atoms with Gasteiger partial charge in [-0.05, 0) is 36.6 Å². The minimum Gasteiger partial charge on any atom is -0.484 e. The molecule has 21 heavy (non-hydrogen) atoms. The van der Waals surface area contributed by atoms with Crippen molar-refractivity contribution in [1.82, 2.24) is 10.2 Å². The predicted molar refractivity (Wildman–Crippen MR) is 81.4 cm³/mol. The summed E-state index contributed by atoms with van der Waals surface area (Å²) in [6, 6.07) is 5.61. The third kappa shape index (κ3) is 4.44. The third-order valence-electron chi connectivity index (χ3n) is 3.19. The Morgan fingerprint density at radius 1 is 1.29 bits per heavy atom. The SMILES string of the molecule is CCc1nnc(COc2ccc(Cl)cc2CC(N)CC)o1. The molecule has 0 aliphatic carbocycles. The molecule has 0 saturated carbocycles. The van der Waals surface area contributed by atoms with Crippen LogP contribution in [-0.2, 0) is 19.4 Å². The van der Waals surface area contributed by atoms with E-state index >= 15 is 0 Å². The van der Waals surface area contributed by atoms with Crippen LogP contribution in [0.25, 0.3) is 0 Å². The second kappa shape index (κ2) is 7.43. The molecule has 0 aliphatic heterocycles. The van der Waals surface area contributed by atoms with Crippen LogP contribution in [0.3, 0.4) is 0 Å². The van der Waals surface area contributed by atoms with Gasteiger partial charge in [0.05, 0.1) is 0 Å². The van der Waals surface area contributed by atoms with Crippen LogP contribution in [0.15, 0.2) is 22.6 Å². The Bertz CT molecular complexity index is 586. The summed E-state index contributed by atoms with van der Waals surface area (Å²) in [4.78, 5) is 0. The number of rotatable bonds is 7. The second-order valence-corrected chi connectivity index (χ2v) is 5.29. The predicted octanol–water partition coefficient (Wildman–Crippen LogP) is 3.14. The maximum Gasteiger partial charge on any atom is 0.253 e. The number of nitrogens with two attached hydrogens (primary N) is 1. The first kappa shape index (κ1) is 15.8. The summed E-state index contributed by atoms with van der Waals surface area (Å²) < 4.78 is 11.2. The maximum absolute atomic E-state index is 6.05. The van der Waals surface area contributed by atoms with Crippen LogP contribution < -0.4 is 10.5 Å². The Kier molecular flexibility index (Phi) is 5.59. The minimum absolute atomic E-state index is 0.0842. The molecule has 0 bridgehead atoms. The highest BCUT2D eigenvalue weighted by Gasteiger charge is 2.11. The quantitative estimate of drug-likeness (QED) is 0.850. The van der Waals surface area contributed by atoms with Crippen molar-refractivity contribution in [1.29, 1.82) is 0 Å². The number of aryl methyl sites for hydroxylation is 1. The zero-order valence-electron chi connectivity index (χ0n) is 12.3. The first-order valence-electron chi connectivity index (χ1n) is 7.10. The van der Waals surface area contributed by atoms with E-state index in [1.807, 2.05) is 19.1 Å². The molecule has 114 valence electrons. The molecule has 6 heteroatoms. The molecule has 2 aromatic rings. The molecule has 2 N–H and O–H groups in total. The van der Waals surface area contributed by atoms with E-state index in [4.69, 9.17) is 26.5 Å². The lowest BCUT2D eigenvalue weighted by atomic mass is 10.0. The summed E-state index contributed by atoms with van der Waals surface area (Å²) in [6.07, 6.45) is 2.33. The van der Waals surface area contributed by atoms with Gasteiger partial charge in [-0.3, -0.25) is 0 Å². The number of ether oxygens (including phenoxy) is 1. The number of aromatic nitrogens is 2. The molecule has 2 rings (SSSR count). The molecular weight excluding hydrogens is 290 g/mol. The summed E-state index contributed by atoms with van der Waals surface area (Å²) in [6.45, 7) is 4.26. The maximum atomic E-state index is 6.05. The highest BCUT2D eigenvalue weighted by Crippen LogP contribution is 2.25. The van der Waals surface area contributed by atoms with Gasteiger partial charge < -0.3 is 14.9 Å². The Morgan fingerprint density at radius 3 is 2.71 bits per heavy atom. The standard InChI is InChI=1S/C15H20ClN3O2/c1-3-12(17)8-10-7-11(16)5-6-13(10)20-9-15-19-18-14(4-2)21-15/h5-7,12H,3-4,8-9,17H2,1-2H3. The fourth-order valence-corrected chi connectivity index (χ4v) is 2.10. The van der Waals surface area contributed by atoms with E-state index in [1.54, 1.807) is 6.07 Å². The highest BCUT2D eigenvalue weighted by atomic mass is 35.5. The summed E-state index contributed by atoms with van der Waals surface area (Å²) in [5.41, 5.74) is 7.01. The lowest BCUT2D eigenvalue weighted by Gasteiger charge is -2.14. The van der Waals surface area contributed by atoms with Gasteiger partial charge in [-0.1, -0.05) is 25.4 Å². The van der Waals surface area contributed by atoms with Crippen LogP contribution in [0.2, 0.25) is 5.02 Å². The summed E-state index contributed by atoms with van der Waals surface area (Å²) in [7, 11) is 0. The van der Waals surface area contributed by atoms with Crippen LogP contribution in [-0.4, -0.2) is 16.2 Å². The number of benzene rings is 1. The van der Waals surface area contributed by atoms with Gasteiger partial charge in [0.25, 0.3) is 5.89 Å². The summed E-state index contributed by atoms with van der Waals surface area (Å²) in [5.74, 6) is 1.82. The van der Waals surface area contributed by atoms with Crippen LogP contribution in [0.5, 0.6) is 5.75 Å². The van der Waals surface area contributed by atoms with Crippen molar-refractivity contribution in [2.24, 2.45) is 5.73 Å². The van der Waals surface area contributed by atoms with Crippen molar-refractivity contribution in [2.75, 3.05) is 0 Å². The number of hydrogen-bond donors (Lipinski definition) is 1. The van der Waals surface area contributed by atoms with E-state index < -0.39 is 0 Å². The largest absolute Gasteiger partial charge is 0.484 e. The van der Waals surface area contributed by atoms with Crippen molar-refractivity contribution in [3.63, 3.8) is 0 Å². The van der Waals surface area contributed by atoms with E-state index in [0.29, 0.717) is 23.2 Å². The number of nitrogens with zero attached hydrogens (tertiary/aromatic N) is 2. The fourth-order valence-electron chi connectivity index (χ4n) is 1.90. The van der Waals surface area contributed by atoms with Gasteiger partial charge in [0, 0.05) is 17.5 Å². The number of hydrogen-bond acceptors (Lipinski definition) is 5. The molecule has 1 aromatic heterocycles. The molecule has 1 aromatic carbocycles. The first-order chi connectivity index (χ1) is 10.1. The Morgan fingerprint density at radius 2 is 2.05 bits per heavy atom. The normalized spacial score (nSPS) is 12.4. The van der Waals surface area contributed by atoms with Crippen LogP contribution in [0.4, 0.5) is 0 Å². The van der Waals surface area contributed by atoms with Gasteiger partial charge in [-0.25, -0.2) is 0 Å². The molecule has 0 radical (unpaired) electrons. The zero-order chi connectivity index (χ0) is 15.2. The van der Waals surface area contributed by atoms with Crippen LogP contribution in [0, 0.1) is 0 Å². The molecular formula is C15H20ClN3O2. The average Bonchev–Trinajstić information content (AvgIpc) is 2.94. The lowest BCUT2D eigenvalue weighted by molar-refractivity contribution is 0.256. The molecule has 0 aliphatic rings. The summed E-state index contributed by atoms with van der Waals surface area (Å²) >= 11 is 6.05. The third-order valence-corrected chi connectivity index (χ3v) is 3.43. The van der Waals surface area contributed by atoms with Gasteiger partial charge in [-0.15, -0.1) is 10.2 Å². The first-order valence-corrected chi connectivity index (χ1v) is 7.48.